The predicted molar refractivity (Wildman–Crippen MR) is 79.7 cm³/mol. The van der Waals surface area contributed by atoms with E-state index in [-0.39, 0.29) is 5.84 Å². The molecule has 3 N–H and O–H groups in total. The molecule has 0 spiro atoms. The van der Waals surface area contributed by atoms with E-state index in [4.69, 9.17) is 15.9 Å². The van der Waals surface area contributed by atoms with Crippen LogP contribution in [0.4, 0.5) is 0 Å². The first kappa shape index (κ1) is 14.0. The molecule has 0 unspecified atom stereocenters. The van der Waals surface area contributed by atoms with E-state index in [1.807, 2.05) is 19.1 Å². The van der Waals surface area contributed by atoms with Crippen LogP contribution in [-0.4, -0.2) is 58.2 Å². The maximum Gasteiger partial charge on any atom is 0.166 e. The van der Waals surface area contributed by atoms with E-state index >= 15 is 0 Å². The molecule has 3 rings (SSSR count). The Balaban J connectivity index is 1.81. The van der Waals surface area contributed by atoms with E-state index in [1.165, 1.54) is 0 Å². The second kappa shape index (κ2) is 5.79. The average Bonchev–Trinajstić information content (AvgIpc) is 2.91. The van der Waals surface area contributed by atoms with Crippen LogP contribution < -0.4 is 5.73 Å². The predicted octanol–water partition coefficient (Wildman–Crippen LogP) is 0.196. The SMILES string of the molecule is Cc1ccc(C(=N)N)c2nc(CCN3CCOCC3)nn12. The molecule has 112 valence electrons. The van der Waals surface area contributed by atoms with Crippen molar-refractivity contribution in [2.45, 2.75) is 13.3 Å². The number of nitrogens with one attached hydrogen (secondary N) is 1. The van der Waals surface area contributed by atoms with Crippen molar-refractivity contribution in [3.05, 3.63) is 29.2 Å². The molecular weight excluding hydrogens is 268 g/mol. The van der Waals surface area contributed by atoms with Gasteiger partial charge >= 0.3 is 0 Å². The smallest absolute Gasteiger partial charge is 0.166 e. The van der Waals surface area contributed by atoms with Crippen LogP contribution in [0.3, 0.4) is 0 Å². The van der Waals surface area contributed by atoms with Crippen LogP contribution in [-0.2, 0) is 11.2 Å². The fraction of sp³-hybridized carbons (Fsp3) is 0.500. The Bertz CT molecular complexity index is 659. The summed E-state index contributed by atoms with van der Waals surface area (Å²) < 4.78 is 7.11. The average molecular weight is 288 g/mol. The Hall–Kier alpha value is -1.99. The van der Waals surface area contributed by atoms with Gasteiger partial charge in [-0.25, -0.2) is 9.50 Å². The molecule has 7 nitrogen and oxygen atoms in total. The van der Waals surface area contributed by atoms with Gasteiger partial charge < -0.3 is 10.5 Å². The van der Waals surface area contributed by atoms with Gasteiger partial charge in [0.05, 0.1) is 18.8 Å². The molecule has 21 heavy (non-hydrogen) atoms. The van der Waals surface area contributed by atoms with Crippen molar-refractivity contribution >= 4 is 11.5 Å². The van der Waals surface area contributed by atoms with Crippen molar-refractivity contribution in [2.75, 3.05) is 32.8 Å². The summed E-state index contributed by atoms with van der Waals surface area (Å²) in [7, 11) is 0. The maximum absolute atomic E-state index is 7.63. The number of hydrogen-bond donors (Lipinski definition) is 2. The summed E-state index contributed by atoms with van der Waals surface area (Å²) in [6.07, 6.45) is 0.790. The van der Waals surface area contributed by atoms with Gasteiger partial charge in [-0.05, 0) is 19.1 Å². The van der Waals surface area contributed by atoms with Crippen LogP contribution in [0.5, 0.6) is 0 Å². The van der Waals surface area contributed by atoms with Gasteiger partial charge in [-0.15, -0.1) is 0 Å². The molecule has 1 aliphatic heterocycles. The van der Waals surface area contributed by atoms with Gasteiger partial charge in [-0.3, -0.25) is 10.3 Å². The molecule has 0 aliphatic carbocycles. The zero-order chi connectivity index (χ0) is 14.8. The maximum atomic E-state index is 7.63. The van der Waals surface area contributed by atoms with Crippen molar-refractivity contribution in [1.29, 1.82) is 5.41 Å². The van der Waals surface area contributed by atoms with Gasteiger partial charge in [0.1, 0.15) is 5.84 Å². The summed E-state index contributed by atoms with van der Waals surface area (Å²) in [5, 5.41) is 12.2. The number of aromatic nitrogens is 3. The van der Waals surface area contributed by atoms with E-state index in [9.17, 15) is 0 Å². The first-order valence-electron chi connectivity index (χ1n) is 7.15. The summed E-state index contributed by atoms with van der Waals surface area (Å²) in [6, 6.07) is 3.73. The third kappa shape index (κ3) is 2.88. The molecular formula is C14H20N6O. The van der Waals surface area contributed by atoms with E-state index in [0.717, 1.165) is 50.8 Å². The molecule has 0 atom stereocenters. The Labute approximate surface area is 123 Å². The van der Waals surface area contributed by atoms with Gasteiger partial charge in [0.2, 0.25) is 0 Å². The Morgan fingerprint density at radius 3 is 2.86 bits per heavy atom. The highest BCUT2D eigenvalue weighted by atomic mass is 16.5. The molecule has 1 saturated heterocycles. The van der Waals surface area contributed by atoms with Gasteiger partial charge in [0.25, 0.3) is 0 Å². The molecule has 7 heteroatoms. The minimum absolute atomic E-state index is 0.0205. The van der Waals surface area contributed by atoms with Crippen LogP contribution in [0.2, 0.25) is 0 Å². The Kier molecular flexibility index (Phi) is 3.85. The van der Waals surface area contributed by atoms with E-state index < -0.39 is 0 Å². The summed E-state index contributed by atoms with van der Waals surface area (Å²) >= 11 is 0. The molecule has 0 amide bonds. The standard InChI is InChI=1S/C14H20N6O/c1-10-2-3-11(13(15)16)14-17-12(18-20(10)14)4-5-19-6-8-21-9-7-19/h2-3H,4-9H2,1H3,(H3,15,16). The minimum atomic E-state index is 0.0205. The highest BCUT2D eigenvalue weighted by Gasteiger charge is 2.14. The normalized spacial score (nSPS) is 16.4. The van der Waals surface area contributed by atoms with Crippen molar-refractivity contribution in [2.24, 2.45) is 5.73 Å². The van der Waals surface area contributed by atoms with Crippen molar-refractivity contribution in [3.63, 3.8) is 0 Å². The van der Waals surface area contributed by atoms with Crippen LogP contribution >= 0.6 is 0 Å². The number of amidine groups is 1. The van der Waals surface area contributed by atoms with Gasteiger partial charge in [-0.2, -0.15) is 5.10 Å². The molecule has 3 heterocycles. The number of nitrogens with zero attached hydrogens (tertiary/aromatic N) is 4. The van der Waals surface area contributed by atoms with Crippen LogP contribution in [0.1, 0.15) is 17.1 Å². The molecule has 2 aromatic rings. The summed E-state index contributed by atoms with van der Waals surface area (Å²) in [5.74, 6) is 0.811. The molecule has 0 bridgehead atoms. The monoisotopic (exact) mass is 288 g/mol. The summed E-state index contributed by atoms with van der Waals surface area (Å²) in [4.78, 5) is 6.91. The van der Waals surface area contributed by atoms with E-state index in [1.54, 1.807) is 4.52 Å². The van der Waals surface area contributed by atoms with Crippen LogP contribution in [0.15, 0.2) is 12.1 Å². The lowest BCUT2D eigenvalue weighted by Crippen LogP contribution is -2.37. The molecule has 1 fully saturated rings. The second-order valence-electron chi connectivity index (χ2n) is 5.27. The number of nitrogens with two attached hydrogens (primary N) is 1. The van der Waals surface area contributed by atoms with E-state index in [0.29, 0.717) is 11.2 Å². The molecule has 0 saturated carbocycles. The summed E-state index contributed by atoms with van der Waals surface area (Å²) in [6.45, 7) is 6.42. The van der Waals surface area contributed by atoms with Crippen molar-refractivity contribution in [1.82, 2.24) is 19.5 Å². The lowest BCUT2D eigenvalue weighted by molar-refractivity contribution is 0.0382. The van der Waals surface area contributed by atoms with E-state index in [2.05, 4.69) is 15.0 Å². The third-order valence-corrected chi connectivity index (χ3v) is 3.76. The number of nitrogen functional groups attached to an aromatic ring is 1. The zero-order valence-corrected chi connectivity index (χ0v) is 12.2. The first-order chi connectivity index (χ1) is 10.1. The number of aryl methyl sites for hydroxylation is 1. The molecule has 0 aromatic carbocycles. The van der Waals surface area contributed by atoms with Crippen LogP contribution in [0, 0.1) is 12.3 Å². The third-order valence-electron chi connectivity index (χ3n) is 3.76. The largest absolute Gasteiger partial charge is 0.384 e. The minimum Gasteiger partial charge on any atom is -0.384 e. The van der Waals surface area contributed by atoms with Gasteiger partial charge in [0.15, 0.2) is 11.5 Å². The fourth-order valence-electron chi connectivity index (χ4n) is 2.52. The number of ether oxygens (including phenoxy) is 1. The second-order valence-corrected chi connectivity index (χ2v) is 5.27. The molecule has 0 radical (unpaired) electrons. The fourth-order valence-corrected chi connectivity index (χ4v) is 2.52. The number of morpholine rings is 1. The summed E-state index contributed by atoms with van der Waals surface area (Å²) in [5.41, 5.74) is 7.89. The van der Waals surface area contributed by atoms with Crippen molar-refractivity contribution < 1.29 is 4.74 Å². The van der Waals surface area contributed by atoms with Gasteiger partial charge in [0, 0.05) is 31.7 Å². The van der Waals surface area contributed by atoms with Crippen LogP contribution in [0.25, 0.3) is 5.65 Å². The number of rotatable bonds is 4. The lowest BCUT2D eigenvalue weighted by atomic mass is 10.2. The molecule has 1 aliphatic rings. The highest BCUT2D eigenvalue weighted by Crippen LogP contribution is 2.12. The highest BCUT2D eigenvalue weighted by molar-refractivity contribution is 6.00. The Morgan fingerprint density at radius 2 is 2.14 bits per heavy atom. The topological polar surface area (TPSA) is 92.5 Å². The quantitative estimate of drug-likeness (QED) is 0.619. The first-order valence-corrected chi connectivity index (χ1v) is 7.15. The Morgan fingerprint density at radius 1 is 1.38 bits per heavy atom. The lowest BCUT2D eigenvalue weighted by Gasteiger charge is -2.25. The van der Waals surface area contributed by atoms with Crippen molar-refractivity contribution in [3.8, 4) is 0 Å². The molecule has 2 aromatic heterocycles. The van der Waals surface area contributed by atoms with Gasteiger partial charge in [-0.1, -0.05) is 0 Å². The zero-order valence-electron chi connectivity index (χ0n) is 12.2. The number of pyridine rings is 1. The number of hydrogen-bond acceptors (Lipinski definition) is 5. The number of fused-ring (bicyclic) bond motifs is 1.